The fourth-order valence-corrected chi connectivity index (χ4v) is 4.54. The van der Waals surface area contributed by atoms with Crippen molar-refractivity contribution in [2.75, 3.05) is 5.32 Å². The van der Waals surface area contributed by atoms with Crippen LogP contribution in [0.4, 0.5) is 5.69 Å². The second-order valence-corrected chi connectivity index (χ2v) is 9.11. The van der Waals surface area contributed by atoms with Gasteiger partial charge in [0.1, 0.15) is 0 Å². The summed E-state index contributed by atoms with van der Waals surface area (Å²) in [6.07, 6.45) is 0. The van der Waals surface area contributed by atoms with Crippen molar-refractivity contribution in [1.29, 1.82) is 0 Å². The van der Waals surface area contributed by atoms with E-state index in [2.05, 4.69) is 115 Å². The van der Waals surface area contributed by atoms with Crippen LogP contribution in [0, 0.1) is 6.92 Å². The van der Waals surface area contributed by atoms with Crippen molar-refractivity contribution in [3.63, 3.8) is 0 Å². The molecule has 4 heteroatoms. The maximum Gasteiger partial charge on any atom is 0.171 e. The number of nitrogens with one attached hydrogen (secondary N) is 2. The Bertz CT molecular complexity index is 1130. The van der Waals surface area contributed by atoms with Gasteiger partial charge in [-0.25, -0.2) is 0 Å². The first-order chi connectivity index (χ1) is 15.7. The number of anilines is 1. The second-order valence-electron chi connectivity index (χ2n) is 7.65. The van der Waals surface area contributed by atoms with E-state index in [-0.39, 0.29) is 6.04 Å². The van der Waals surface area contributed by atoms with Gasteiger partial charge in [-0.05, 0) is 60.1 Å². The van der Waals surface area contributed by atoms with Crippen molar-refractivity contribution in [1.82, 2.24) is 5.32 Å². The van der Waals surface area contributed by atoms with E-state index in [0.29, 0.717) is 5.11 Å². The summed E-state index contributed by atoms with van der Waals surface area (Å²) in [5.41, 5.74) is 5.86. The maximum atomic E-state index is 5.66. The summed E-state index contributed by atoms with van der Waals surface area (Å²) in [5.74, 6) is 0.941. The largest absolute Gasteiger partial charge is 0.352 e. The van der Waals surface area contributed by atoms with Crippen molar-refractivity contribution in [3.8, 4) is 0 Å². The summed E-state index contributed by atoms with van der Waals surface area (Å²) in [6, 6.07) is 37.9. The Morgan fingerprint density at radius 1 is 0.750 bits per heavy atom. The maximum absolute atomic E-state index is 5.66. The molecule has 0 heterocycles. The topological polar surface area (TPSA) is 24.1 Å². The lowest BCUT2D eigenvalue weighted by molar-refractivity contribution is 0.768. The van der Waals surface area contributed by atoms with Crippen molar-refractivity contribution in [2.45, 2.75) is 23.6 Å². The number of rotatable bonds is 7. The molecule has 0 fully saturated rings. The molecule has 4 aromatic carbocycles. The highest BCUT2D eigenvalue weighted by Gasteiger charge is 2.15. The quantitative estimate of drug-likeness (QED) is 0.225. The van der Waals surface area contributed by atoms with Crippen LogP contribution < -0.4 is 10.6 Å². The summed E-state index contributed by atoms with van der Waals surface area (Å²) < 4.78 is 0. The molecular formula is C28H26N2S2. The van der Waals surface area contributed by atoms with E-state index in [1.165, 1.54) is 27.1 Å². The third-order valence-electron chi connectivity index (χ3n) is 5.18. The number of thioether (sulfide) groups is 1. The molecule has 0 aliphatic carbocycles. The zero-order valence-electron chi connectivity index (χ0n) is 18.0. The van der Waals surface area contributed by atoms with Gasteiger partial charge in [0.05, 0.1) is 6.04 Å². The third-order valence-corrected chi connectivity index (χ3v) is 6.48. The Morgan fingerprint density at radius 2 is 1.34 bits per heavy atom. The van der Waals surface area contributed by atoms with Gasteiger partial charge in [0.25, 0.3) is 0 Å². The first-order valence-corrected chi connectivity index (χ1v) is 12.0. The van der Waals surface area contributed by atoms with Crippen LogP contribution in [0.15, 0.2) is 114 Å². The smallest absolute Gasteiger partial charge is 0.171 e. The van der Waals surface area contributed by atoms with E-state index in [4.69, 9.17) is 12.2 Å². The normalized spacial score (nSPS) is 11.5. The van der Waals surface area contributed by atoms with Crippen LogP contribution in [0.25, 0.3) is 0 Å². The molecular weight excluding hydrogens is 428 g/mol. The van der Waals surface area contributed by atoms with Crippen LogP contribution >= 0.6 is 24.0 Å². The number of thiocarbonyl (C=S) groups is 1. The SMILES string of the molecule is Cc1ccc(C(NC(=S)Nc2ccc(CSc3ccccc3)cc2)c2ccccc2)cc1. The average Bonchev–Trinajstić information content (AvgIpc) is 2.84. The van der Waals surface area contributed by atoms with Gasteiger partial charge in [0.2, 0.25) is 0 Å². The molecule has 0 radical (unpaired) electrons. The van der Waals surface area contributed by atoms with Crippen LogP contribution in [0.1, 0.15) is 28.3 Å². The first-order valence-electron chi connectivity index (χ1n) is 10.6. The van der Waals surface area contributed by atoms with Gasteiger partial charge in [-0.15, -0.1) is 11.8 Å². The number of benzene rings is 4. The van der Waals surface area contributed by atoms with Crippen molar-refractivity contribution in [3.05, 3.63) is 131 Å². The molecule has 1 unspecified atom stereocenters. The molecule has 2 N–H and O–H groups in total. The van der Waals surface area contributed by atoms with Crippen molar-refractivity contribution in [2.24, 2.45) is 0 Å². The second kappa shape index (κ2) is 11.0. The predicted molar refractivity (Wildman–Crippen MR) is 141 cm³/mol. The van der Waals surface area contributed by atoms with Crippen LogP contribution in [0.2, 0.25) is 0 Å². The molecule has 0 amide bonds. The van der Waals surface area contributed by atoms with Crippen LogP contribution in [-0.2, 0) is 5.75 Å². The van der Waals surface area contributed by atoms with Gasteiger partial charge in [-0.2, -0.15) is 0 Å². The van der Waals surface area contributed by atoms with Gasteiger partial charge in [-0.3, -0.25) is 0 Å². The number of aryl methyl sites for hydroxylation is 1. The van der Waals surface area contributed by atoms with Crippen LogP contribution in [0.3, 0.4) is 0 Å². The Balaban J connectivity index is 1.40. The Hall–Kier alpha value is -3.08. The van der Waals surface area contributed by atoms with E-state index < -0.39 is 0 Å². The molecule has 0 spiro atoms. The average molecular weight is 455 g/mol. The molecule has 0 saturated carbocycles. The Morgan fingerprint density at radius 3 is 2.00 bits per heavy atom. The molecule has 0 bridgehead atoms. The molecule has 0 aromatic heterocycles. The minimum Gasteiger partial charge on any atom is -0.352 e. The Labute approximate surface area is 200 Å². The Kier molecular flexibility index (Phi) is 7.59. The van der Waals surface area contributed by atoms with E-state index in [9.17, 15) is 0 Å². The standard InChI is InChI=1S/C28H26N2S2/c1-21-12-16-24(17-13-21)27(23-8-4-2-5-9-23)30-28(31)29-25-18-14-22(15-19-25)20-32-26-10-6-3-7-11-26/h2-19,27H,20H2,1H3,(H2,29,30,31). The van der Waals surface area contributed by atoms with E-state index in [1.54, 1.807) is 0 Å². The predicted octanol–water partition coefficient (Wildman–Crippen LogP) is 7.36. The lowest BCUT2D eigenvalue weighted by atomic mass is 9.98. The van der Waals surface area contributed by atoms with Gasteiger partial charge < -0.3 is 10.6 Å². The lowest BCUT2D eigenvalue weighted by Crippen LogP contribution is -2.33. The molecule has 0 saturated heterocycles. The highest BCUT2D eigenvalue weighted by molar-refractivity contribution is 7.98. The highest BCUT2D eigenvalue weighted by atomic mass is 32.2. The summed E-state index contributed by atoms with van der Waals surface area (Å²) in [7, 11) is 0. The third kappa shape index (κ3) is 6.22. The minimum atomic E-state index is -0.0154. The fraction of sp³-hybridized carbons (Fsp3) is 0.107. The van der Waals surface area contributed by atoms with Crippen LogP contribution in [-0.4, -0.2) is 5.11 Å². The van der Waals surface area contributed by atoms with E-state index in [0.717, 1.165) is 11.4 Å². The van der Waals surface area contributed by atoms with Gasteiger partial charge in [-0.1, -0.05) is 90.5 Å². The first kappa shape index (κ1) is 22.1. The molecule has 0 aliphatic heterocycles. The van der Waals surface area contributed by atoms with E-state index >= 15 is 0 Å². The molecule has 2 nitrogen and oxygen atoms in total. The summed E-state index contributed by atoms with van der Waals surface area (Å²) >= 11 is 7.50. The molecule has 4 rings (SSSR count). The molecule has 1 atom stereocenters. The van der Waals surface area contributed by atoms with Gasteiger partial charge in [0.15, 0.2) is 5.11 Å². The summed E-state index contributed by atoms with van der Waals surface area (Å²) in [6.45, 7) is 2.10. The molecule has 32 heavy (non-hydrogen) atoms. The zero-order chi connectivity index (χ0) is 22.2. The molecule has 0 aliphatic rings. The van der Waals surface area contributed by atoms with E-state index in [1.807, 2.05) is 23.9 Å². The highest BCUT2D eigenvalue weighted by Crippen LogP contribution is 2.24. The lowest BCUT2D eigenvalue weighted by Gasteiger charge is -2.22. The monoisotopic (exact) mass is 454 g/mol. The van der Waals surface area contributed by atoms with Gasteiger partial charge >= 0.3 is 0 Å². The minimum absolute atomic E-state index is 0.0154. The number of hydrogen-bond acceptors (Lipinski definition) is 2. The van der Waals surface area contributed by atoms with Crippen molar-refractivity contribution < 1.29 is 0 Å². The molecule has 4 aromatic rings. The fourth-order valence-electron chi connectivity index (χ4n) is 3.43. The van der Waals surface area contributed by atoms with Crippen molar-refractivity contribution >= 4 is 34.8 Å². The van der Waals surface area contributed by atoms with Gasteiger partial charge in [0, 0.05) is 16.3 Å². The summed E-state index contributed by atoms with van der Waals surface area (Å²) in [5, 5.41) is 7.44. The van der Waals surface area contributed by atoms with Crippen LogP contribution in [0.5, 0.6) is 0 Å². The summed E-state index contributed by atoms with van der Waals surface area (Å²) in [4.78, 5) is 1.28. The zero-order valence-corrected chi connectivity index (χ0v) is 19.6. The number of hydrogen-bond donors (Lipinski definition) is 2. The molecule has 160 valence electrons.